The average Bonchev–Trinajstić information content (AvgIpc) is 2.78. The second kappa shape index (κ2) is 13.7. The molecule has 0 bridgehead atoms. The van der Waals surface area contributed by atoms with Crippen LogP contribution in [-0.4, -0.2) is 80.0 Å². The zero-order valence-corrected chi connectivity index (χ0v) is 19.1. The summed E-state index contributed by atoms with van der Waals surface area (Å²) in [6.07, 6.45) is 0. The van der Waals surface area contributed by atoms with Crippen LogP contribution >= 0.6 is 24.0 Å². The Balaban J connectivity index is 0.00000341. The molecule has 1 unspecified atom stereocenters. The Morgan fingerprint density at radius 2 is 1.61 bits per heavy atom. The van der Waals surface area contributed by atoms with Crippen LogP contribution in [0.1, 0.15) is 17.2 Å². The quantitative estimate of drug-likeness (QED) is 0.427. The molecular weight excluding hydrogens is 439 g/mol. The molecule has 1 heterocycles. The van der Waals surface area contributed by atoms with E-state index in [1.54, 1.807) is 0 Å². The predicted octanol–water partition coefficient (Wildman–Crippen LogP) is 3.02. The summed E-state index contributed by atoms with van der Waals surface area (Å²) in [5.74, 6) is -0.442. The summed E-state index contributed by atoms with van der Waals surface area (Å²) in [6.45, 7) is 4.79. The van der Waals surface area contributed by atoms with Crippen LogP contribution in [0, 0.1) is 0 Å². The fourth-order valence-corrected chi connectivity index (χ4v) is 3.82. The van der Waals surface area contributed by atoms with E-state index in [9.17, 15) is 4.79 Å². The van der Waals surface area contributed by atoms with Crippen molar-refractivity contribution in [3.63, 3.8) is 0 Å². The standard InChI is InChI=1S/C23H29ClN2O4.ClH/c24-21-8-6-20(7-9-21)23(19-4-2-1-3-5-19)26-12-10-25(11-13-26)14-16-29-18-22(28)30-17-15-27;/h1-9,23,27H,10-18H2;1H. The lowest BCUT2D eigenvalue weighted by Crippen LogP contribution is -2.48. The molecule has 3 rings (SSSR count). The first-order chi connectivity index (χ1) is 14.7. The van der Waals surface area contributed by atoms with Crippen molar-refractivity contribution in [2.75, 3.05) is 59.2 Å². The molecule has 1 fully saturated rings. The van der Waals surface area contributed by atoms with E-state index < -0.39 is 5.97 Å². The smallest absolute Gasteiger partial charge is 0.332 e. The molecule has 0 amide bonds. The molecule has 170 valence electrons. The number of carbonyl (C=O) groups is 1. The van der Waals surface area contributed by atoms with E-state index in [4.69, 9.17) is 26.2 Å². The van der Waals surface area contributed by atoms with Crippen LogP contribution < -0.4 is 0 Å². The summed E-state index contributed by atoms with van der Waals surface area (Å²) in [7, 11) is 0. The van der Waals surface area contributed by atoms with Gasteiger partial charge in [0.1, 0.15) is 13.2 Å². The van der Waals surface area contributed by atoms with Gasteiger partial charge < -0.3 is 14.6 Å². The Morgan fingerprint density at radius 3 is 2.26 bits per heavy atom. The molecule has 0 saturated carbocycles. The molecule has 1 atom stereocenters. The van der Waals surface area contributed by atoms with Crippen LogP contribution in [0.15, 0.2) is 54.6 Å². The molecule has 31 heavy (non-hydrogen) atoms. The van der Waals surface area contributed by atoms with E-state index in [0.29, 0.717) is 6.61 Å². The van der Waals surface area contributed by atoms with Gasteiger partial charge in [-0.25, -0.2) is 4.79 Å². The zero-order valence-electron chi connectivity index (χ0n) is 17.5. The summed E-state index contributed by atoms with van der Waals surface area (Å²) in [6, 6.07) is 18.9. The number of carbonyl (C=O) groups excluding carboxylic acids is 1. The molecule has 1 saturated heterocycles. The van der Waals surface area contributed by atoms with Crippen molar-refractivity contribution in [1.29, 1.82) is 0 Å². The SMILES string of the molecule is Cl.O=C(COCCN1CCN(C(c2ccccc2)c2ccc(Cl)cc2)CC1)OCCO. The first kappa shape index (κ1) is 25.6. The van der Waals surface area contributed by atoms with E-state index >= 15 is 0 Å². The minimum absolute atomic E-state index is 0. The van der Waals surface area contributed by atoms with Gasteiger partial charge in [-0.15, -0.1) is 12.4 Å². The number of ether oxygens (including phenoxy) is 2. The number of benzene rings is 2. The van der Waals surface area contributed by atoms with Gasteiger partial charge in [0.2, 0.25) is 0 Å². The van der Waals surface area contributed by atoms with Crippen molar-refractivity contribution < 1.29 is 19.4 Å². The summed E-state index contributed by atoms with van der Waals surface area (Å²) in [4.78, 5) is 16.2. The minimum Gasteiger partial charge on any atom is -0.462 e. The first-order valence-corrected chi connectivity index (χ1v) is 10.7. The van der Waals surface area contributed by atoms with E-state index in [-0.39, 0.29) is 38.3 Å². The van der Waals surface area contributed by atoms with Crippen molar-refractivity contribution in [3.05, 3.63) is 70.7 Å². The molecule has 6 nitrogen and oxygen atoms in total. The Hall–Kier alpha value is -1.67. The van der Waals surface area contributed by atoms with Gasteiger partial charge in [0.15, 0.2) is 0 Å². The van der Waals surface area contributed by atoms with Crippen LogP contribution in [0.5, 0.6) is 0 Å². The van der Waals surface area contributed by atoms with E-state index in [0.717, 1.165) is 37.7 Å². The van der Waals surface area contributed by atoms with E-state index in [2.05, 4.69) is 46.2 Å². The van der Waals surface area contributed by atoms with Crippen molar-refractivity contribution in [3.8, 4) is 0 Å². The van der Waals surface area contributed by atoms with Crippen LogP contribution in [0.25, 0.3) is 0 Å². The van der Waals surface area contributed by atoms with Gasteiger partial charge in [-0.1, -0.05) is 54.1 Å². The molecule has 1 aliphatic heterocycles. The summed E-state index contributed by atoms with van der Waals surface area (Å²) >= 11 is 6.10. The highest BCUT2D eigenvalue weighted by Gasteiger charge is 2.26. The molecule has 1 aliphatic rings. The topological polar surface area (TPSA) is 62.2 Å². The normalized spacial score (nSPS) is 15.8. The van der Waals surface area contributed by atoms with Crippen LogP contribution in [0.3, 0.4) is 0 Å². The molecule has 0 aromatic heterocycles. The number of rotatable bonds is 10. The number of piperazine rings is 1. The number of nitrogens with zero attached hydrogens (tertiary/aromatic N) is 2. The fourth-order valence-electron chi connectivity index (χ4n) is 3.69. The highest BCUT2D eigenvalue weighted by atomic mass is 35.5. The Bertz CT molecular complexity index is 769. The van der Waals surface area contributed by atoms with Crippen molar-refractivity contribution in [2.24, 2.45) is 0 Å². The largest absolute Gasteiger partial charge is 0.462 e. The van der Waals surface area contributed by atoms with Gasteiger partial charge in [0.05, 0.1) is 19.3 Å². The Labute approximate surface area is 195 Å². The summed E-state index contributed by atoms with van der Waals surface area (Å²) < 4.78 is 10.2. The third-order valence-electron chi connectivity index (χ3n) is 5.20. The molecule has 0 radical (unpaired) electrons. The lowest BCUT2D eigenvalue weighted by atomic mass is 9.96. The van der Waals surface area contributed by atoms with Gasteiger partial charge in [0, 0.05) is 37.7 Å². The highest BCUT2D eigenvalue weighted by Crippen LogP contribution is 2.30. The van der Waals surface area contributed by atoms with Crippen LogP contribution in [-0.2, 0) is 14.3 Å². The van der Waals surface area contributed by atoms with E-state index in [1.807, 2.05) is 18.2 Å². The maximum absolute atomic E-state index is 11.4. The highest BCUT2D eigenvalue weighted by molar-refractivity contribution is 6.30. The molecule has 2 aromatic rings. The predicted molar refractivity (Wildman–Crippen MR) is 124 cm³/mol. The van der Waals surface area contributed by atoms with Crippen molar-refractivity contribution >= 4 is 30.0 Å². The molecule has 2 aromatic carbocycles. The Morgan fingerprint density at radius 1 is 0.968 bits per heavy atom. The van der Waals surface area contributed by atoms with Crippen LogP contribution in [0.2, 0.25) is 5.02 Å². The molecule has 1 N–H and O–H groups in total. The van der Waals surface area contributed by atoms with Gasteiger partial charge in [-0.3, -0.25) is 9.80 Å². The number of aliphatic hydroxyl groups excluding tert-OH is 1. The summed E-state index contributed by atoms with van der Waals surface area (Å²) in [5.41, 5.74) is 2.52. The third-order valence-corrected chi connectivity index (χ3v) is 5.45. The van der Waals surface area contributed by atoms with Crippen LogP contribution in [0.4, 0.5) is 0 Å². The Kier molecular flexibility index (Phi) is 11.3. The maximum atomic E-state index is 11.4. The molecule has 0 aliphatic carbocycles. The van der Waals surface area contributed by atoms with Crippen molar-refractivity contribution in [1.82, 2.24) is 9.80 Å². The maximum Gasteiger partial charge on any atom is 0.332 e. The lowest BCUT2D eigenvalue weighted by Gasteiger charge is -2.39. The number of aliphatic hydroxyl groups is 1. The number of hydrogen-bond donors (Lipinski definition) is 1. The first-order valence-electron chi connectivity index (χ1n) is 10.3. The molecular formula is C23H30Cl2N2O4. The molecule has 0 spiro atoms. The average molecular weight is 469 g/mol. The van der Waals surface area contributed by atoms with Gasteiger partial charge in [-0.2, -0.15) is 0 Å². The van der Waals surface area contributed by atoms with Gasteiger partial charge in [-0.05, 0) is 23.3 Å². The minimum atomic E-state index is -0.442. The van der Waals surface area contributed by atoms with Crippen molar-refractivity contribution in [2.45, 2.75) is 6.04 Å². The lowest BCUT2D eigenvalue weighted by molar-refractivity contribution is -0.150. The van der Waals surface area contributed by atoms with Gasteiger partial charge >= 0.3 is 5.97 Å². The molecule has 8 heteroatoms. The fraction of sp³-hybridized carbons (Fsp3) is 0.435. The monoisotopic (exact) mass is 468 g/mol. The number of halogens is 2. The second-order valence-corrected chi connectivity index (χ2v) is 7.68. The summed E-state index contributed by atoms with van der Waals surface area (Å²) in [5, 5.41) is 9.39. The van der Waals surface area contributed by atoms with E-state index in [1.165, 1.54) is 11.1 Å². The zero-order chi connectivity index (χ0) is 21.2. The van der Waals surface area contributed by atoms with Gasteiger partial charge in [0.25, 0.3) is 0 Å². The second-order valence-electron chi connectivity index (χ2n) is 7.24. The number of hydrogen-bond acceptors (Lipinski definition) is 6. The number of esters is 1. The third kappa shape index (κ3) is 8.07.